The van der Waals surface area contributed by atoms with Crippen LogP contribution in [0, 0.1) is 0 Å². The number of rotatable bonds is 7. The molecule has 1 fully saturated rings. The number of anilines is 1. The topological polar surface area (TPSA) is 76.6 Å². The van der Waals surface area contributed by atoms with Gasteiger partial charge in [-0.25, -0.2) is 13.4 Å². The average molecular weight is 507 g/mol. The third kappa shape index (κ3) is 5.15. The molecule has 0 radical (unpaired) electrons. The number of thiazole rings is 1. The summed E-state index contributed by atoms with van der Waals surface area (Å²) in [7, 11) is -3.35. The van der Waals surface area contributed by atoms with Crippen LogP contribution in [0.15, 0.2) is 83.8 Å². The molecule has 1 amide bonds. The largest absolute Gasteiger partial charge is 0.376 e. The van der Waals surface area contributed by atoms with Crippen LogP contribution in [0.2, 0.25) is 0 Å². The molecule has 4 aromatic rings. The number of sulfone groups is 1. The van der Waals surface area contributed by atoms with Crippen LogP contribution in [0.1, 0.15) is 29.9 Å². The van der Waals surface area contributed by atoms with Gasteiger partial charge in [0, 0.05) is 12.9 Å². The predicted molar refractivity (Wildman–Crippen MR) is 139 cm³/mol. The first kappa shape index (κ1) is 23.7. The summed E-state index contributed by atoms with van der Waals surface area (Å²) in [5.74, 6) is -0.585. The van der Waals surface area contributed by atoms with E-state index in [-0.39, 0.29) is 16.9 Å². The van der Waals surface area contributed by atoms with Gasteiger partial charge in [0.05, 0.1) is 33.7 Å². The molecule has 1 aliphatic heterocycles. The summed E-state index contributed by atoms with van der Waals surface area (Å²) in [5.41, 5.74) is 2.47. The number of carbonyl (C=O) groups is 1. The number of amides is 1. The van der Waals surface area contributed by atoms with Gasteiger partial charge < -0.3 is 4.74 Å². The number of hydrogen-bond donors (Lipinski definition) is 0. The van der Waals surface area contributed by atoms with Crippen molar-refractivity contribution in [1.29, 1.82) is 0 Å². The molecule has 0 N–H and O–H groups in total. The number of carbonyl (C=O) groups excluding carboxylic acids is 1. The highest BCUT2D eigenvalue weighted by atomic mass is 32.2. The lowest BCUT2D eigenvalue weighted by atomic mass is 9.90. The Morgan fingerprint density at radius 1 is 1.06 bits per heavy atom. The molecule has 1 aliphatic rings. The normalized spacial score (nSPS) is 16.1. The van der Waals surface area contributed by atoms with Gasteiger partial charge in [0.15, 0.2) is 15.0 Å². The summed E-state index contributed by atoms with van der Waals surface area (Å²) < 4.78 is 30.7. The van der Waals surface area contributed by atoms with Gasteiger partial charge in [-0.15, -0.1) is 0 Å². The second-order valence-corrected chi connectivity index (χ2v) is 11.8. The minimum Gasteiger partial charge on any atom is -0.376 e. The van der Waals surface area contributed by atoms with Crippen LogP contribution in [0.25, 0.3) is 10.2 Å². The van der Waals surface area contributed by atoms with Gasteiger partial charge in [-0.2, -0.15) is 0 Å². The molecule has 1 atom stereocenters. The summed E-state index contributed by atoms with van der Waals surface area (Å²) in [4.78, 5) is 21.0. The van der Waals surface area contributed by atoms with Crippen LogP contribution in [0.4, 0.5) is 5.13 Å². The van der Waals surface area contributed by atoms with Crippen LogP contribution in [0.5, 0.6) is 0 Å². The van der Waals surface area contributed by atoms with Gasteiger partial charge in [-0.1, -0.05) is 72.0 Å². The zero-order chi connectivity index (χ0) is 24.4. The summed E-state index contributed by atoms with van der Waals surface area (Å²) in [6, 6.07) is 24.4. The molecule has 5 rings (SSSR count). The molecule has 0 spiro atoms. The minimum absolute atomic E-state index is 0.0651. The fourth-order valence-electron chi connectivity index (χ4n) is 4.42. The fourth-order valence-corrected chi connectivity index (χ4v) is 6.16. The third-order valence-corrected chi connectivity index (χ3v) is 8.35. The standard InChI is InChI=1S/C27H26N2O4S2/c1-35(31,32)22-14-15-23-24(17-22)34-27(28-23)29(18-21-13-8-16-33-21)26(30)25(19-9-4-2-5-10-19)20-11-6-3-7-12-20/h2-7,9-12,14-15,17,21,25H,8,13,16,18H2,1H3. The van der Waals surface area contributed by atoms with Crippen molar-refractivity contribution in [2.45, 2.75) is 29.8 Å². The van der Waals surface area contributed by atoms with Gasteiger partial charge in [0.25, 0.3) is 0 Å². The lowest BCUT2D eigenvalue weighted by Gasteiger charge is -2.28. The van der Waals surface area contributed by atoms with Crippen LogP contribution in [0.3, 0.4) is 0 Å². The lowest BCUT2D eigenvalue weighted by Crippen LogP contribution is -2.40. The van der Waals surface area contributed by atoms with E-state index >= 15 is 0 Å². The molecule has 1 saturated heterocycles. The maximum Gasteiger partial charge on any atom is 0.240 e. The third-order valence-electron chi connectivity index (χ3n) is 6.20. The molecule has 3 aromatic carbocycles. The molecular weight excluding hydrogens is 480 g/mol. The smallest absolute Gasteiger partial charge is 0.240 e. The van der Waals surface area contributed by atoms with Gasteiger partial charge in [0.2, 0.25) is 5.91 Å². The Morgan fingerprint density at radius 3 is 2.29 bits per heavy atom. The zero-order valence-electron chi connectivity index (χ0n) is 19.3. The summed E-state index contributed by atoms with van der Waals surface area (Å²) >= 11 is 1.33. The highest BCUT2D eigenvalue weighted by Crippen LogP contribution is 2.35. The Balaban J connectivity index is 1.59. The van der Waals surface area contributed by atoms with Crippen molar-refractivity contribution in [3.63, 3.8) is 0 Å². The van der Waals surface area contributed by atoms with Crippen LogP contribution in [-0.2, 0) is 19.4 Å². The van der Waals surface area contributed by atoms with E-state index in [0.29, 0.717) is 23.8 Å². The Labute approximate surface area is 209 Å². The number of benzene rings is 3. The van der Waals surface area contributed by atoms with E-state index in [2.05, 4.69) is 0 Å². The second-order valence-electron chi connectivity index (χ2n) is 8.74. The van der Waals surface area contributed by atoms with Gasteiger partial charge in [-0.3, -0.25) is 9.69 Å². The van der Waals surface area contributed by atoms with E-state index in [0.717, 1.165) is 28.7 Å². The summed E-state index contributed by atoms with van der Waals surface area (Å²) in [6.07, 6.45) is 2.97. The van der Waals surface area contributed by atoms with E-state index < -0.39 is 15.8 Å². The molecule has 2 heterocycles. The number of aromatic nitrogens is 1. The maximum atomic E-state index is 14.3. The highest BCUT2D eigenvalue weighted by Gasteiger charge is 2.33. The molecule has 0 aliphatic carbocycles. The maximum absolute atomic E-state index is 14.3. The number of nitrogens with zero attached hydrogens (tertiary/aromatic N) is 2. The molecule has 180 valence electrons. The SMILES string of the molecule is CS(=O)(=O)c1ccc2nc(N(CC3CCCO3)C(=O)C(c3ccccc3)c3ccccc3)sc2c1. The number of fused-ring (bicyclic) bond motifs is 1. The monoisotopic (exact) mass is 506 g/mol. The quantitative estimate of drug-likeness (QED) is 0.351. The Bertz CT molecular complexity index is 1390. The van der Waals surface area contributed by atoms with E-state index in [4.69, 9.17) is 9.72 Å². The molecule has 6 nitrogen and oxygen atoms in total. The van der Waals surface area contributed by atoms with Crippen molar-refractivity contribution in [2.75, 3.05) is 24.3 Å². The number of ether oxygens (including phenoxy) is 1. The molecule has 0 bridgehead atoms. The number of hydrogen-bond acceptors (Lipinski definition) is 6. The molecule has 0 saturated carbocycles. The Kier molecular flexibility index (Phi) is 6.69. The summed E-state index contributed by atoms with van der Waals surface area (Å²) in [5, 5.41) is 0.544. The van der Waals surface area contributed by atoms with E-state index in [1.807, 2.05) is 60.7 Å². The lowest BCUT2D eigenvalue weighted by molar-refractivity contribution is -0.119. The first-order valence-corrected chi connectivity index (χ1v) is 14.2. The summed E-state index contributed by atoms with van der Waals surface area (Å²) in [6.45, 7) is 1.08. The molecular formula is C27H26N2O4S2. The van der Waals surface area contributed by atoms with Crippen molar-refractivity contribution >= 4 is 42.4 Å². The molecule has 8 heteroatoms. The zero-order valence-corrected chi connectivity index (χ0v) is 21.0. The predicted octanol–water partition coefficient (Wildman–Crippen LogP) is 5.04. The van der Waals surface area contributed by atoms with Crippen molar-refractivity contribution in [2.24, 2.45) is 0 Å². The van der Waals surface area contributed by atoms with Crippen molar-refractivity contribution in [3.05, 3.63) is 90.0 Å². The second kappa shape index (κ2) is 9.89. The van der Waals surface area contributed by atoms with Crippen LogP contribution in [-0.4, -0.2) is 44.8 Å². The average Bonchev–Trinajstić information content (AvgIpc) is 3.52. The first-order chi connectivity index (χ1) is 16.9. The van der Waals surface area contributed by atoms with Crippen LogP contribution >= 0.6 is 11.3 Å². The van der Waals surface area contributed by atoms with Gasteiger partial charge >= 0.3 is 0 Å². The van der Waals surface area contributed by atoms with Gasteiger partial charge in [0.1, 0.15) is 0 Å². The van der Waals surface area contributed by atoms with E-state index in [1.54, 1.807) is 23.1 Å². The molecule has 1 unspecified atom stereocenters. The molecule has 35 heavy (non-hydrogen) atoms. The van der Waals surface area contributed by atoms with E-state index in [1.165, 1.54) is 17.6 Å². The minimum atomic E-state index is -3.35. The van der Waals surface area contributed by atoms with Crippen molar-refractivity contribution in [1.82, 2.24) is 4.98 Å². The van der Waals surface area contributed by atoms with Crippen molar-refractivity contribution < 1.29 is 17.9 Å². The first-order valence-electron chi connectivity index (χ1n) is 11.5. The Morgan fingerprint density at radius 2 is 1.71 bits per heavy atom. The van der Waals surface area contributed by atoms with Crippen molar-refractivity contribution in [3.8, 4) is 0 Å². The highest BCUT2D eigenvalue weighted by molar-refractivity contribution is 7.90. The fraction of sp³-hybridized carbons (Fsp3) is 0.259. The molecule has 1 aromatic heterocycles. The van der Waals surface area contributed by atoms with E-state index in [9.17, 15) is 13.2 Å². The van der Waals surface area contributed by atoms with Crippen LogP contribution < -0.4 is 4.90 Å². The Hall–Kier alpha value is -3.07. The van der Waals surface area contributed by atoms with Gasteiger partial charge in [-0.05, 0) is 42.2 Å².